The van der Waals surface area contributed by atoms with Crippen molar-refractivity contribution in [1.82, 2.24) is 0 Å². The monoisotopic (exact) mass is 1460 g/mol. The van der Waals surface area contributed by atoms with E-state index in [1.807, 2.05) is 0 Å². The molecule has 31 heteroatoms. The van der Waals surface area contributed by atoms with Gasteiger partial charge in [-0.1, -0.05) is 24.3 Å². The summed E-state index contributed by atoms with van der Waals surface area (Å²) in [7, 11) is 0. The van der Waals surface area contributed by atoms with Crippen molar-refractivity contribution in [2.75, 3.05) is 0 Å². The van der Waals surface area contributed by atoms with Gasteiger partial charge < -0.3 is 156 Å². The smallest absolute Gasteiger partial charge is 0.200 e. The van der Waals surface area contributed by atoms with Crippen LogP contribution in [0.15, 0.2) is 121 Å². The number of aliphatic hydroxyl groups is 5. The van der Waals surface area contributed by atoms with Gasteiger partial charge >= 0.3 is 0 Å². The van der Waals surface area contributed by atoms with Crippen molar-refractivity contribution in [3.63, 3.8) is 0 Å². The molecule has 5 aliphatic heterocycles. The van der Waals surface area contributed by atoms with Crippen molar-refractivity contribution in [2.24, 2.45) is 0 Å². The van der Waals surface area contributed by atoms with Crippen molar-refractivity contribution in [3.8, 4) is 149 Å². The summed E-state index contributed by atoms with van der Waals surface area (Å²) in [5, 5.41) is 306. The predicted octanol–water partition coefficient (Wildman–Crippen LogP) is 7.05. The van der Waals surface area contributed by atoms with Crippen LogP contribution in [0.5, 0.6) is 149 Å². The van der Waals surface area contributed by atoms with Crippen LogP contribution in [-0.4, -0.2) is 163 Å². The summed E-state index contributed by atoms with van der Waals surface area (Å²) in [6.07, 6.45) is -20.5. The summed E-state index contributed by atoms with van der Waals surface area (Å²) < 4.78 is 32.7. The maximum atomic E-state index is 13.4. The molecule has 0 bridgehead atoms. The first-order chi connectivity index (χ1) is 50.3. The second kappa shape index (κ2) is 24.8. The Hall–Kier alpha value is -13.2. The van der Waals surface area contributed by atoms with Gasteiger partial charge in [-0.05, 0) is 77.4 Å². The van der Waals surface area contributed by atoms with E-state index in [9.17, 15) is 133 Å². The first kappa shape index (κ1) is 68.6. The molecule has 0 aromatic heterocycles. The number of hydrogen-bond acceptors (Lipinski definition) is 31. The van der Waals surface area contributed by atoms with E-state index < -0.39 is 279 Å². The highest BCUT2D eigenvalue weighted by Gasteiger charge is 2.55. The van der Waals surface area contributed by atoms with Crippen LogP contribution in [0.25, 0.3) is 0 Å². The highest BCUT2D eigenvalue weighted by molar-refractivity contribution is 5.75. The lowest BCUT2D eigenvalue weighted by atomic mass is 9.71. The highest BCUT2D eigenvalue weighted by atomic mass is 16.5. The molecular formula is C75H62O31. The van der Waals surface area contributed by atoms with Crippen LogP contribution in [0, 0.1) is 0 Å². The molecule has 0 fully saturated rings. The molecule has 0 aliphatic carbocycles. The molecule has 0 amide bonds. The first-order valence-electron chi connectivity index (χ1n) is 32.3. The van der Waals surface area contributed by atoms with Crippen LogP contribution < -0.4 is 23.7 Å². The fourth-order valence-corrected chi connectivity index (χ4v) is 15.5. The molecule has 10 aromatic rings. The van der Waals surface area contributed by atoms with E-state index in [2.05, 4.69) is 0 Å². The zero-order valence-corrected chi connectivity index (χ0v) is 54.0. The molecule has 14 unspecified atom stereocenters. The fraction of sp³-hybridized carbons (Fsp3) is 0.200. The molecule has 548 valence electrons. The van der Waals surface area contributed by atoms with Crippen LogP contribution in [-0.2, 0) is 6.42 Å². The van der Waals surface area contributed by atoms with E-state index in [-0.39, 0.29) is 39.3 Å². The van der Waals surface area contributed by atoms with Crippen LogP contribution in [0.3, 0.4) is 0 Å². The van der Waals surface area contributed by atoms with Gasteiger partial charge in [0.15, 0.2) is 81.9 Å². The maximum Gasteiger partial charge on any atom is 0.200 e. The molecule has 0 saturated heterocycles. The standard InChI is InChI=1S/C75H62O31/c76-27-5-1-22(2-6-27)68-63(98)57(49-35(83)15-28(77)16-48(49)102-68)51-37(85)19-39(87)55-60(66(101)71(105-73(51)55)26-13-45(93)62(97)46(94)14-26)56-42(90)21-40(88)53-59(64(99)69(104-74(53)56)24-4-8-31(79)34(82)10-24)54-41(89)20-38(86)52-58(65(100)70(106-75(52)54)25-11-43(91)61(96)44(92)12-25)50-36(84)18-32(80)29-17-47(95)67(103-72(29)50)23-3-7-30(78)33(81)9-23/h1-16,18-21,47,57-60,63-71,76-101H,17H2. The Morgan fingerprint density at radius 1 is 0.226 bits per heavy atom. The van der Waals surface area contributed by atoms with Crippen molar-refractivity contribution in [1.29, 1.82) is 0 Å². The van der Waals surface area contributed by atoms with Crippen molar-refractivity contribution < 1.29 is 156 Å². The Kier molecular flexibility index (Phi) is 16.0. The van der Waals surface area contributed by atoms with Gasteiger partial charge in [0.05, 0.1) is 29.8 Å². The molecule has 14 atom stereocenters. The third-order valence-electron chi connectivity index (χ3n) is 20.2. The quantitative estimate of drug-likeness (QED) is 0.0644. The number of ether oxygens (including phenoxy) is 5. The average molecular weight is 1460 g/mol. The number of rotatable bonds is 9. The number of fused-ring (bicyclic) bond motifs is 5. The molecule has 0 spiro atoms. The maximum absolute atomic E-state index is 13.4. The van der Waals surface area contributed by atoms with E-state index in [1.54, 1.807) is 0 Å². The van der Waals surface area contributed by atoms with E-state index in [4.69, 9.17) is 23.7 Å². The molecule has 5 aliphatic rings. The highest BCUT2D eigenvalue weighted by Crippen LogP contribution is 2.67. The normalized spacial score (nSPS) is 24.1. The van der Waals surface area contributed by atoms with Crippen LogP contribution in [0.2, 0.25) is 0 Å². The van der Waals surface area contributed by atoms with Crippen LogP contribution in [0.4, 0.5) is 0 Å². The zero-order chi connectivity index (χ0) is 75.6. The second-order valence-corrected chi connectivity index (χ2v) is 26.5. The number of benzene rings is 10. The molecule has 0 saturated carbocycles. The molecule has 31 nitrogen and oxygen atoms in total. The molecule has 26 N–H and O–H groups in total. The summed E-state index contributed by atoms with van der Waals surface area (Å²) in [6, 6.07) is 19.4. The van der Waals surface area contributed by atoms with Crippen molar-refractivity contribution in [3.05, 3.63) is 199 Å². The van der Waals surface area contributed by atoms with Gasteiger partial charge in [-0.15, -0.1) is 0 Å². The minimum absolute atomic E-state index is 0.00163. The minimum Gasteiger partial charge on any atom is -0.508 e. The van der Waals surface area contributed by atoms with Crippen molar-refractivity contribution in [2.45, 2.75) is 91.1 Å². The molecule has 5 heterocycles. The van der Waals surface area contributed by atoms with Gasteiger partial charge in [-0.25, -0.2) is 0 Å². The Bertz CT molecular complexity index is 5270. The van der Waals surface area contributed by atoms with Gasteiger partial charge in [0.25, 0.3) is 0 Å². The van der Waals surface area contributed by atoms with Gasteiger partial charge in [0.1, 0.15) is 123 Å². The SMILES string of the molecule is Oc1ccc(C2Oc3cc(O)cc(O)c3C(c3c(O)cc(O)c4c3OC(c3cc(O)c(O)c(O)c3)C(O)C4c3c(O)cc(O)c4c3OC(c3ccc(O)c(O)c3)C(O)C4c3c(O)cc(O)c4c3OC(c3cc(O)c(O)c(O)c3)C(O)C4c3c(O)cc(O)c4c3OC(c3ccc(O)c(O)c3)C(O)C4)C2O)cc1. The number of hydrogen-bond donors (Lipinski definition) is 26. The topological polar surface area (TPSA) is 572 Å². The average Bonchev–Trinajstić information content (AvgIpc) is 0.706. The van der Waals surface area contributed by atoms with Gasteiger partial charge in [0, 0.05) is 104 Å². The van der Waals surface area contributed by atoms with E-state index in [0.29, 0.717) is 18.2 Å². The molecule has 15 rings (SSSR count). The molecule has 106 heavy (non-hydrogen) atoms. The molecular weight excluding hydrogens is 1400 g/mol. The fourth-order valence-electron chi connectivity index (χ4n) is 15.5. The summed E-state index contributed by atoms with van der Waals surface area (Å²) in [5.74, 6) is -30.4. The third-order valence-corrected chi connectivity index (χ3v) is 20.2. The van der Waals surface area contributed by atoms with Crippen molar-refractivity contribution >= 4 is 0 Å². The van der Waals surface area contributed by atoms with E-state index in [0.717, 1.165) is 72.8 Å². The Morgan fingerprint density at radius 3 is 0.915 bits per heavy atom. The van der Waals surface area contributed by atoms with E-state index >= 15 is 0 Å². The lowest BCUT2D eigenvalue weighted by Gasteiger charge is -2.45. The van der Waals surface area contributed by atoms with Crippen LogP contribution in [0.1, 0.15) is 132 Å². The largest absolute Gasteiger partial charge is 0.508 e. The number of aromatic hydroxyl groups is 21. The summed E-state index contributed by atoms with van der Waals surface area (Å²) in [6.45, 7) is 0. The van der Waals surface area contributed by atoms with Crippen LogP contribution >= 0.6 is 0 Å². The Balaban J connectivity index is 1.01. The second-order valence-electron chi connectivity index (χ2n) is 26.5. The summed E-state index contributed by atoms with van der Waals surface area (Å²) in [5.41, 5.74) is -6.42. The van der Waals surface area contributed by atoms with E-state index in [1.165, 1.54) is 30.3 Å². The Morgan fingerprint density at radius 2 is 0.528 bits per heavy atom. The predicted molar refractivity (Wildman–Crippen MR) is 357 cm³/mol. The lowest BCUT2D eigenvalue weighted by molar-refractivity contribution is -0.0101. The van der Waals surface area contributed by atoms with Gasteiger partial charge in [0.2, 0.25) is 0 Å². The lowest BCUT2D eigenvalue weighted by Crippen LogP contribution is -2.40. The zero-order valence-electron chi connectivity index (χ0n) is 54.0. The summed E-state index contributed by atoms with van der Waals surface area (Å²) >= 11 is 0. The minimum atomic E-state index is -2.39. The molecule has 0 radical (unpaired) electrons. The number of aliphatic hydroxyl groups excluding tert-OH is 5. The number of phenols is 21. The van der Waals surface area contributed by atoms with Gasteiger partial charge in [-0.2, -0.15) is 0 Å². The third kappa shape index (κ3) is 10.6. The number of phenolic OH excluding ortho intramolecular Hbond substituents is 21. The Labute approximate surface area is 594 Å². The summed E-state index contributed by atoms with van der Waals surface area (Å²) in [4.78, 5) is 0. The van der Waals surface area contributed by atoms with Gasteiger partial charge in [-0.3, -0.25) is 0 Å². The first-order valence-corrected chi connectivity index (χ1v) is 32.3. The molecule has 10 aromatic carbocycles.